The molecule has 270 valence electrons. The van der Waals surface area contributed by atoms with Gasteiger partial charge in [-0.2, -0.15) is 0 Å². The van der Waals surface area contributed by atoms with Crippen LogP contribution in [0.5, 0.6) is 0 Å². The van der Waals surface area contributed by atoms with Crippen LogP contribution >= 0.6 is 0 Å². The third-order valence-electron chi connectivity index (χ3n) is 8.13. The first-order chi connectivity index (χ1) is 22.7. The summed E-state index contributed by atoms with van der Waals surface area (Å²) in [6.07, 6.45) is 13.3. The van der Waals surface area contributed by atoms with E-state index in [-0.39, 0.29) is 19.1 Å². The van der Waals surface area contributed by atoms with E-state index >= 15 is 0 Å². The van der Waals surface area contributed by atoms with Crippen LogP contribution in [-0.2, 0) is 23.7 Å². The molecule has 0 aliphatic carbocycles. The minimum Gasteiger partial charge on any atom is -0.394 e. The highest BCUT2D eigenvalue weighted by molar-refractivity contribution is 5.75. The molecular formula is C35H59NO11. The van der Waals surface area contributed by atoms with Gasteiger partial charge < -0.3 is 54.9 Å². The molecule has 12 heteroatoms. The predicted octanol–water partition coefficient (Wildman–Crippen LogP) is 2.31. The fraction of sp³-hybridized carbons (Fsp3) is 0.743. The lowest BCUT2D eigenvalue weighted by molar-refractivity contribution is -0.365. The zero-order chi connectivity index (χ0) is 34.4. The fourth-order valence-electron chi connectivity index (χ4n) is 5.25. The SMILES string of the molecule is CCCCC/C=C\C/C=C\C/C=C\C/C=C\CCCC(=O)NCCO[C@@H]1O[C@H](CC)[C@@H](O)[C@H](O)[C@H]1O[C@@H]1O[C@H](CO)[C@@H](O)[C@H](O)[C@H]1O. The van der Waals surface area contributed by atoms with Crippen molar-refractivity contribution in [2.45, 2.75) is 146 Å². The quantitative estimate of drug-likeness (QED) is 0.0662. The number of rotatable bonds is 22. The summed E-state index contributed by atoms with van der Waals surface area (Å²) >= 11 is 0. The molecule has 1 amide bonds. The van der Waals surface area contributed by atoms with Gasteiger partial charge in [-0.15, -0.1) is 0 Å². The van der Waals surface area contributed by atoms with Gasteiger partial charge in [0, 0.05) is 13.0 Å². The molecule has 2 heterocycles. The van der Waals surface area contributed by atoms with Crippen LogP contribution in [0.4, 0.5) is 0 Å². The first-order valence-electron chi connectivity index (χ1n) is 17.2. The van der Waals surface area contributed by atoms with Gasteiger partial charge in [-0.05, 0) is 51.4 Å². The Kier molecular flexibility index (Phi) is 21.2. The van der Waals surface area contributed by atoms with E-state index in [2.05, 4.69) is 60.8 Å². The lowest BCUT2D eigenvalue weighted by Crippen LogP contribution is -2.64. The second kappa shape index (κ2) is 24.2. The number of nitrogens with one attached hydrogen (secondary N) is 1. The van der Waals surface area contributed by atoms with Crippen molar-refractivity contribution in [3.63, 3.8) is 0 Å². The average molecular weight is 670 g/mol. The molecule has 2 aliphatic rings. The van der Waals surface area contributed by atoms with Gasteiger partial charge in [-0.3, -0.25) is 4.79 Å². The lowest BCUT2D eigenvalue weighted by Gasteiger charge is -2.46. The number of hydrogen-bond acceptors (Lipinski definition) is 11. The summed E-state index contributed by atoms with van der Waals surface area (Å²) in [5.74, 6) is -0.134. The van der Waals surface area contributed by atoms with E-state index in [1.54, 1.807) is 6.92 Å². The Morgan fingerprint density at radius 2 is 1.28 bits per heavy atom. The Morgan fingerprint density at radius 3 is 1.87 bits per heavy atom. The Bertz CT molecular complexity index is 956. The van der Waals surface area contributed by atoms with E-state index in [1.807, 2.05) is 0 Å². The minimum atomic E-state index is -1.71. The van der Waals surface area contributed by atoms with Gasteiger partial charge in [-0.25, -0.2) is 0 Å². The van der Waals surface area contributed by atoms with Crippen LogP contribution in [-0.4, -0.2) is 118 Å². The summed E-state index contributed by atoms with van der Waals surface area (Å²) in [6.45, 7) is 3.48. The summed E-state index contributed by atoms with van der Waals surface area (Å²) in [5.41, 5.74) is 0. The number of amides is 1. The van der Waals surface area contributed by atoms with Crippen LogP contribution in [0.15, 0.2) is 48.6 Å². The standard InChI is InChI=1S/C35H59NO11/c1-3-5-6-7-8-9-10-11-12-13-14-15-16-17-18-19-20-21-27(38)36-22-23-44-35-33(31(42)28(39)25(4-2)45-35)47-34-32(43)30(41)29(40)26(24-37)46-34/h8-9,11-12,14-15,17-18,25-26,28-35,37,39-43H,3-7,10,13,16,19-24H2,1-2H3,(H,36,38)/b9-8-,12-11-,15-14-,18-17-/t25-,26-,28-,29-,30+,31+,32-,33-,34+,35-/m1/s1. The van der Waals surface area contributed by atoms with Crippen molar-refractivity contribution in [1.82, 2.24) is 5.32 Å². The van der Waals surface area contributed by atoms with Gasteiger partial charge in [-0.1, -0.05) is 75.3 Å². The number of ether oxygens (including phenoxy) is 4. The third kappa shape index (κ3) is 15.0. The molecule has 2 aliphatic heterocycles. The average Bonchev–Trinajstić information content (AvgIpc) is 3.07. The van der Waals surface area contributed by atoms with Gasteiger partial charge in [0.2, 0.25) is 5.91 Å². The third-order valence-corrected chi connectivity index (χ3v) is 8.13. The Hall–Kier alpha value is -1.97. The van der Waals surface area contributed by atoms with E-state index in [0.29, 0.717) is 19.3 Å². The van der Waals surface area contributed by atoms with E-state index in [0.717, 1.165) is 25.7 Å². The first kappa shape index (κ1) is 41.2. The van der Waals surface area contributed by atoms with E-state index in [9.17, 15) is 35.4 Å². The zero-order valence-electron chi connectivity index (χ0n) is 28.0. The molecule has 10 atom stereocenters. The number of carbonyl (C=O) groups excluding carboxylic acids is 1. The van der Waals surface area contributed by atoms with Crippen molar-refractivity contribution in [1.29, 1.82) is 0 Å². The predicted molar refractivity (Wildman–Crippen MR) is 177 cm³/mol. The van der Waals surface area contributed by atoms with Gasteiger partial charge in [0.1, 0.15) is 42.7 Å². The number of allylic oxidation sites excluding steroid dienone is 8. The maximum Gasteiger partial charge on any atom is 0.220 e. The molecule has 2 rings (SSSR count). The molecular weight excluding hydrogens is 610 g/mol. The maximum atomic E-state index is 12.3. The summed E-state index contributed by atoms with van der Waals surface area (Å²) in [4.78, 5) is 12.3. The van der Waals surface area contributed by atoms with Crippen molar-refractivity contribution < 1.29 is 54.4 Å². The second-order valence-corrected chi connectivity index (χ2v) is 11.9. The molecule has 0 saturated carbocycles. The minimum absolute atomic E-state index is 0.00136. The second-order valence-electron chi connectivity index (χ2n) is 11.9. The molecule has 0 bridgehead atoms. The molecule has 0 aromatic rings. The Balaban J connectivity index is 1.66. The van der Waals surface area contributed by atoms with Crippen LogP contribution in [0.3, 0.4) is 0 Å². The highest BCUT2D eigenvalue weighted by atomic mass is 16.8. The Labute approximate surface area is 279 Å². The number of aliphatic hydroxyl groups is 6. The van der Waals surface area contributed by atoms with Gasteiger partial charge in [0.15, 0.2) is 12.6 Å². The van der Waals surface area contributed by atoms with Crippen molar-refractivity contribution in [2.24, 2.45) is 0 Å². The monoisotopic (exact) mass is 669 g/mol. The number of unbranched alkanes of at least 4 members (excludes halogenated alkanes) is 4. The van der Waals surface area contributed by atoms with Gasteiger partial charge in [0.25, 0.3) is 0 Å². The Morgan fingerprint density at radius 1 is 0.702 bits per heavy atom. The first-order valence-corrected chi connectivity index (χ1v) is 17.2. The molecule has 12 nitrogen and oxygen atoms in total. The van der Waals surface area contributed by atoms with Crippen molar-refractivity contribution in [3.05, 3.63) is 48.6 Å². The highest BCUT2D eigenvalue weighted by Gasteiger charge is 2.50. The van der Waals surface area contributed by atoms with Crippen molar-refractivity contribution in [3.8, 4) is 0 Å². The largest absolute Gasteiger partial charge is 0.394 e. The summed E-state index contributed by atoms with van der Waals surface area (Å²) in [5, 5.41) is 63.9. The lowest BCUT2D eigenvalue weighted by atomic mass is 9.96. The van der Waals surface area contributed by atoms with E-state index in [4.69, 9.17) is 18.9 Å². The van der Waals surface area contributed by atoms with E-state index in [1.165, 1.54) is 25.7 Å². The highest BCUT2D eigenvalue weighted by Crippen LogP contribution is 2.30. The molecule has 0 aromatic carbocycles. The smallest absolute Gasteiger partial charge is 0.220 e. The molecule has 2 fully saturated rings. The molecule has 0 spiro atoms. The maximum absolute atomic E-state index is 12.3. The van der Waals surface area contributed by atoms with Crippen molar-refractivity contribution in [2.75, 3.05) is 19.8 Å². The van der Waals surface area contributed by atoms with Crippen molar-refractivity contribution >= 4 is 5.91 Å². The molecule has 0 unspecified atom stereocenters. The topological polar surface area (TPSA) is 187 Å². The molecule has 0 radical (unpaired) electrons. The molecule has 47 heavy (non-hydrogen) atoms. The van der Waals surface area contributed by atoms with Gasteiger partial charge in [0.05, 0.1) is 19.3 Å². The van der Waals surface area contributed by atoms with E-state index < -0.39 is 68.0 Å². The van der Waals surface area contributed by atoms with Crippen LogP contribution in [0.25, 0.3) is 0 Å². The van der Waals surface area contributed by atoms with Crippen LogP contribution < -0.4 is 5.32 Å². The summed E-state index contributed by atoms with van der Waals surface area (Å²) in [6, 6.07) is 0. The van der Waals surface area contributed by atoms with Crippen LogP contribution in [0.1, 0.15) is 84.5 Å². The fourth-order valence-corrected chi connectivity index (χ4v) is 5.25. The van der Waals surface area contributed by atoms with Gasteiger partial charge >= 0.3 is 0 Å². The van der Waals surface area contributed by atoms with Crippen LogP contribution in [0.2, 0.25) is 0 Å². The number of carbonyl (C=O) groups is 1. The molecule has 2 saturated heterocycles. The summed E-state index contributed by atoms with van der Waals surface area (Å²) < 4.78 is 22.6. The number of hydrogen-bond donors (Lipinski definition) is 7. The normalized spacial score (nSPS) is 31.9. The number of aliphatic hydroxyl groups excluding tert-OH is 6. The summed E-state index contributed by atoms with van der Waals surface area (Å²) in [7, 11) is 0. The molecule has 0 aromatic heterocycles. The van der Waals surface area contributed by atoms with Crippen LogP contribution in [0, 0.1) is 0 Å². The zero-order valence-corrected chi connectivity index (χ0v) is 28.0. The molecule has 7 N–H and O–H groups in total.